The van der Waals surface area contributed by atoms with Crippen LogP contribution in [0.1, 0.15) is 44.2 Å². The third-order valence-electron chi connectivity index (χ3n) is 6.35. The van der Waals surface area contributed by atoms with Gasteiger partial charge in [-0.05, 0) is 37.5 Å². The van der Waals surface area contributed by atoms with Crippen LogP contribution in [0.25, 0.3) is 0 Å². The Kier molecular flexibility index (Phi) is 1.79. The van der Waals surface area contributed by atoms with E-state index in [0.717, 1.165) is 5.92 Å². The van der Waals surface area contributed by atoms with Gasteiger partial charge >= 0.3 is 11.4 Å². The summed E-state index contributed by atoms with van der Waals surface area (Å²) in [5.41, 5.74) is -0.0257. The van der Waals surface area contributed by atoms with Gasteiger partial charge in [-0.1, -0.05) is 18.6 Å². The molecular formula is C15H19N3O2. The van der Waals surface area contributed by atoms with Crippen molar-refractivity contribution >= 4 is 0 Å². The van der Waals surface area contributed by atoms with Crippen LogP contribution in [0.2, 0.25) is 0 Å². The molecule has 3 heterocycles. The lowest BCUT2D eigenvalue weighted by Crippen LogP contribution is -2.54. The van der Waals surface area contributed by atoms with Gasteiger partial charge in [-0.3, -0.25) is 0 Å². The van der Waals surface area contributed by atoms with Crippen LogP contribution in [0.3, 0.4) is 0 Å². The molecule has 4 atom stereocenters. The summed E-state index contributed by atoms with van der Waals surface area (Å²) in [6.07, 6.45) is 10.7. The largest absolute Gasteiger partial charge is 0.347 e. The molecule has 106 valence electrons. The van der Waals surface area contributed by atoms with Gasteiger partial charge in [0.25, 0.3) is 0 Å². The first-order valence-corrected chi connectivity index (χ1v) is 7.74. The number of hydrogen-bond donors (Lipinski definition) is 0. The number of allylic oxidation sites excluding steroid dienone is 2. The Morgan fingerprint density at radius 1 is 1.10 bits per heavy atom. The van der Waals surface area contributed by atoms with E-state index in [-0.39, 0.29) is 28.9 Å². The zero-order chi connectivity index (χ0) is 13.6. The molecule has 0 amide bonds. The van der Waals surface area contributed by atoms with E-state index in [1.807, 2.05) is 0 Å². The highest BCUT2D eigenvalue weighted by molar-refractivity contribution is 5.23. The summed E-state index contributed by atoms with van der Waals surface area (Å²) in [6, 6.07) is 0.207. The molecule has 0 aromatic carbocycles. The van der Waals surface area contributed by atoms with Crippen LogP contribution in [0.4, 0.5) is 0 Å². The molecule has 6 rings (SSSR count). The molecule has 4 unspecified atom stereocenters. The lowest BCUT2D eigenvalue weighted by Gasteiger charge is -2.52. The Balaban J connectivity index is 1.85. The molecule has 2 fully saturated rings. The van der Waals surface area contributed by atoms with Crippen LogP contribution < -0.4 is 11.4 Å². The van der Waals surface area contributed by atoms with E-state index in [4.69, 9.17) is 0 Å². The predicted molar refractivity (Wildman–Crippen MR) is 73.6 cm³/mol. The van der Waals surface area contributed by atoms with Crippen LogP contribution in [0.5, 0.6) is 0 Å². The second-order valence-corrected chi connectivity index (χ2v) is 7.02. The molecule has 2 bridgehead atoms. The molecule has 2 saturated carbocycles. The van der Waals surface area contributed by atoms with Crippen molar-refractivity contribution < 1.29 is 0 Å². The molecule has 5 nitrogen and oxygen atoms in total. The number of nitrogens with zero attached hydrogens (tertiary/aromatic N) is 3. The Hall–Kier alpha value is -1.52. The third-order valence-corrected chi connectivity index (χ3v) is 6.35. The van der Waals surface area contributed by atoms with Gasteiger partial charge in [0.2, 0.25) is 0 Å². The molecule has 0 spiro atoms. The zero-order valence-electron chi connectivity index (χ0n) is 11.7. The van der Waals surface area contributed by atoms with E-state index in [0.29, 0.717) is 5.92 Å². The van der Waals surface area contributed by atoms with Gasteiger partial charge in [-0.2, -0.15) is 0 Å². The van der Waals surface area contributed by atoms with E-state index in [1.165, 1.54) is 36.7 Å². The maximum atomic E-state index is 12.5. The maximum absolute atomic E-state index is 12.5. The summed E-state index contributed by atoms with van der Waals surface area (Å²) < 4.78 is 4.78. The fourth-order valence-corrected chi connectivity index (χ4v) is 5.50. The number of hydrogen-bond acceptors (Lipinski definition) is 2. The average molecular weight is 273 g/mol. The standard InChI is InChI=1S/C15H19N3O2/c1-16-13(19)17-11-6-7-12(18(17)14(16)20)15(9-4-5-9)8-2-3-10(11)15/h6-7,9-12H,2-5,8H2,1H3. The molecule has 20 heavy (non-hydrogen) atoms. The lowest BCUT2D eigenvalue weighted by atomic mass is 9.61. The predicted octanol–water partition coefficient (Wildman–Crippen LogP) is 1.21. The minimum atomic E-state index is -0.148. The van der Waals surface area contributed by atoms with Crippen molar-refractivity contribution in [1.29, 1.82) is 0 Å². The first kappa shape index (κ1) is 11.2. The summed E-state index contributed by atoms with van der Waals surface area (Å²) in [5, 5.41) is 0. The summed E-state index contributed by atoms with van der Waals surface area (Å²) in [6.45, 7) is 0. The quantitative estimate of drug-likeness (QED) is 0.722. The smallest absolute Gasteiger partial charge is 0.246 e. The molecule has 5 aliphatic rings. The second kappa shape index (κ2) is 3.21. The minimum absolute atomic E-state index is 0.101. The Morgan fingerprint density at radius 2 is 1.85 bits per heavy atom. The summed E-state index contributed by atoms with van der Waals surface area (Å²) in [5.74, 6) is 1.33. The molecule has 0 radical (unpaired) electrons. The lowest BCUT2D eigenvalue weighted by molar-refractivity contribution is 0.000448. The van der Waals surface area contributed by atoms with Crippen LogP contribution in [0.15, 0.2) is 21.7 Å². The molecule has 1 aromatic rings. The van der Waals surface area contributed by atoms with Crippen molar-refractivity contribution in [2.24, 2.45) is 24.3 Å². The molecule has 1 aromatic heterocycles. The van der Waals surface area contributed by atoms with Crippen molar-refractivity contribution in [2.45, 2.75) is 44.2 Å². The van der Waals surface area contributed by atoms with Gasteiger partial charge in [-0.25, -0.2) is 23.5 Å². The van der Waals surface area contributed by atoms with Gasteiger partial charge in [0.1, 0.15) is 0 Å². The van der Waals surface area contributed by atoms with Gasteiger partial charge in [0, 0.05) is 12.5 Å². The van der Waals surface area contributed by atoms with Crippen molar-refractivity contribution in [3.63, 3.8) is 0 Å². The van der Waals surface area contributed by atoms with E-state index in [1.54, 1.807) is 16.4 Å². The highest BCUT2D eigenvalue weighted by Crippen LogP contribution is 2.68. The summed E-state index contributed by atoms with van der Waals surface area (Å²) in [4.78, 5) is 24.8. The normalized spacial score (nSPS) is 41.0. The fraction of sp³-hybridized carbons (Fsp3) is 0.733. The molecule has 0 N–H and O–H groups in total. The minimum Gasteiger partial charge on any atom is -0.246 e. The Labute approximate surface area is 116 Å². The highest BCUT2D eigenvalue weighted by Gasteiger charge is 2.63. The van der Waals surface area contributed by atoms with Crippen LogP contribution >= 0.6 is 0 Å². The SMILES string of the molecule is Cn1c(=O)n2n(c1=O)C1C=CC2C2CCCC21C1CC1. The molecule has 2 aliphatic heterocycles. The van der Waals surface area contributed by atoms with Gasteiger partial charge in [0.15, 0.2) is 0 Å². The average Bonchev–Trinajstić information content (AvgIpc) is 3.18. The highest BCUT2D eigenvalue weighted by atomic mass is 16.2. The molecule has 5 heteroatoms. The maximum Gasteiger partial charge on any atom is 0.347 e. The summed E-state index contributed by atoms with van der Waals surface area (Å²) >= 11 is 0. The first-order chi connectivity index (χ1) is 9.66. The van der Waals surface area contributed by atoms with Gasteiger partial charge < -0.3 is 0 Å². The Morgan fingerprint density at radius 3 is 2.60 bits per heavy atom. The van der Waals surface area contributed by atoms with Crippen LogP contribution in [-0.4, -0.2) is 13.9 Å². The fourth-order valence-electron chi connectivity index (χ4n) is 5.50. The number of rotatable bonds is 1. The number of aromatic nitrogens is 3. The van der Waals surface area contributed by atoms with Crippen molar-refractivity contribution in [2.75, 3.05) is 0 Å². The van der Waals surface area contributed by atoms with Crippen LogP contribution in [-0.2, 0) is 7.05 Å². The van der Waals surface area contributed by atoms with E-state index in [9.17, 15) is 9.59 Å². The second-order valence-electron chi connectivity index (χ2n) is 7.02. The Bertz CT molecular complexity index is 748. The third kappa shape index (κ3) is 0.980. The van der Waals surface area contributed by atoms with Gasteiger partial charge in [-0.15, -0.1) is 0 Å². The molecule has 0 saturated heterocycles. The van der Waals surface area contributed by atoms with E-state index >= 15 is 0 Å². The van der Waals surface area contributed by atoms with Gasteiger partial charge in [0.05, 0.1) is 12.1 Å². The molecular weight excluding hydrogens is 254 g/mol. The monoisotopic (exact) mass is 273 g/mol. The summed E-state index contributed by atoms with van der Waals surface area (Å²) in [7, 11) is 1.60. The van der Waals surface area contributed by atoms with Crippen molar-refractivity contribution in [1.82, 2.24) is 13.9 Å². The molecule has 3 aliphatic carbocycles. The van der Waals surface area contributed by atoms with Crippen molar-refractivity contribution in [3.05, 3.63) is 33.1 Å². The topological polar surface area (TPSA) is 48.9 Å². The van der Waals surface area contributed by atoms with Crippen LogP contribution in [0, 0.1) is 17.3 Å². The first-order valence-electron chi connectivity index (χ1n) is 7.74. The van der Waals surface area contributed by atoms with Crippen molar-refractivity contribution in [3.8, 4) is 0 Å². The zero-order valence-corrected chi connectivity index (χ0v) is 11.7. The van der Waals surface area contributed by atoms with E-state index in [2.05, 4.69) is 12.2 Å². The van der Waals surface area contributed by atoms with E-state index < -0.39 is 0 Å².